The van der Waals surface area contributed by atoms with Crippen molar-refractivity contribution in [2.75, 3.05) is 5.73 Å². The smallest absolute Gasteiger partial charge is 0.419 e. The van der Waals surface area contributed by atoms with E-state index in [0.29, 0.717) is 12.1 Å². The number of hydrogen-bond acceptors (Lipinski definition) is 3. The molecule has 0 radical (unpaired) electrons. The summed E-state index contributed by atoms with van der Waals surface area (Å²) in [5, 5.41) is 8.47. The van der Waals surface area contributed by atoms with Gasteiger partial charge in [0.05, 0.1) is 16.8 Å². The number of anilines is 1. The van der Waals surface area contributed by atoms with E-state index in [0.717, 1.165) is 0 Å². The SMILES string of the molecule is Nc1c(C(=O)O)c(=O)[nH]c2cc(C(F)(F)F)c(F)cc12. The summed E-state index contributed by atoms with van der Waals surface area (Å²) in [6.45, 7) is 0. The Labute approximate surface area is 107 Å². The van der Waals surface area contributed by atoms with E-state index in [9.17, 15) is 27.2 Å². The van der Waals surface area contributed by atoms with E-state index < -0.39 is 45.9 Å². The van der Waals surface area contributed by atoms with Gasteiger partial charge in [-0.1, -0.05) is 0 Å². The molecule has 0 amide bonds. The second kappa shape index (κ2) is 4.22. The molecule has 1 aromatic carbocycles. The van der Waals surface area contributed by atoms with Crippen molar-refractivity contribution in [3.63, 3.8) is 0 Å². The van der Waals surface area contributed by atoms with Gasteiger partial charge in [-0.05, 0) is 12.1 Å². The summed E-state index contributed by atoms with van der Waals surface area (Å²) < 4.78 is 51.0. The second-order valence-corrected chi connectivity index (χ2v) is 3.92. The van der Waals surface area contributed by atoms with Crippen LogP contribution in [0.2, 0.25) is 0 Å². The zero-order chi connectivity index (χ0) is 15.2. The molecule has 0 bridgehead atoms. The van der Waals surface area contributed by atoms with E-state index in [4.69, 9.17) is 10.8 Å². The number of aromatic carboxylic acids is 1. The minimum Gasteiger partial charge on any atom is -0.477 e. The van der Waals surface area contributed by atoms with Gasteiger partial charge in [-0.2, -0.15) is 13.2 Å². The number of rotatable bonds is 1. The van der Waals surface area contributed by atoms with Gasteiger partial charge in [0.2, 0.25) is 0 Å². The molecule has 1 aromatic heterocycles. The van der Waals surface area contributed by atoms with Gasteiger partial charge in [0.15, 0.2) is 0 Å². The average Bonchev–Trinajstić information content (AvgIpc) is 2.27. The highest BCUT2D eigenvalue weighted by molar-refractivity contribution is 6.03. The lowest BCUT2D eigenvalue weighted by atomic mass is 10.1. The summed E-state index contributed by atoms with van der Waals surface area (Å²) in [6.07, 6.45) is -4.95. The molecule has 0 aliphatic rings. The van der Waals surface area contributed by atoms with Gasteiger partial charge in [0.1, 0.15) is 11.4 Å². The summed E-state index contributed by atoms with van der Waals surface area (Å²) in [5.41, 5.74) is 0.814. The van der Waals surface area contributed by atoms with Crippen LogP contribution in [0.5, 0.6) is 0 Å². The first-order valence-electron chi connectivity index (χ1n) is 5.08. The number of nitrogens with two attached hydrogens (primary N) is 1. The molecule has 0 fully saturated rings. The largest absolute Gasteiger partial charge is 0.477 e. The highest BCUT2D eigenvalue weighted by atomic mass is 19.4. The molecule has 0 saturated carbocycles. The van der Waals surface area contributed by atoms with Crippen molar-refractivity contribution in [1.29, 1.82) is 0 Å². The van der Waals surface area contributed by atoms with Crippen LogP contribution in [-0.2, 0) is 6.18 Å². The fourth-order valence-electron chi connectivity index (χ4n) is 1.77. The number of alkyl halides is 3. The molecule has 2 aromatic rings. The molecule has 0 aliphatic heterocycles. The van der Waals surface area contributed by atoms with E-state index in [1.165, 1.54) is 0 Å². The number of aromatic nitrogens is 1. The Kier molecular flexibility index (Phi) is 2.92. The monoisotopic (exact) mass is 290 g/mol. The van der Waals surface area contributed by atoms with Crippen molar-refractivity contribution in [3.05, 3.63) is 39.4 Å². The van der Waals surface area contributed by atoms with Gasteiger partial charge < -0.3 is 15.8 Å². The first-order chi connectivity index (χ1) is 9.12. The first kappa shape index (κ1) is 13.8. The fraction of sp³-hybridized carbons (Fsp3) is 0.0909. The van der Waals surface area contributed by atoms with Gasteiger partial charge >= 0.3 is 12.1 Å². The summed E-state index contributed by atoms with van der Waals surface area (Å²) in [5.74, 6) is -3.27. The number of carboxylic acids is 1. The molecule has 2 rings (SSSR count). The van der Waals surface area contributed by atoms with Crippen LogP contribution in [0, 0.1) is 5.82 Å². The van der Waals surface area contributed by atoms with Gasteiger partial charge in [0, 0.05) is 5.39 Å². The number of pyridine rings is 1. The predicted molar refractivity (Wildman–Crippen MR) is 60.9 cm³/mol. The standard InChI is InChI=1S/C11H6F4N2O3/c12-5-1-3-6(2-4(5)11(13,14)15)17-9(18)7(8(3)16)10(19)20/h1-2H,(H,19,20)(H3,16,17,18). The van der Waals surface area contributed by atoms with Crippen molar-refractivity contribution in [2.45, 2.75) is 6.18 Å². The lowest BCUT2D eigenvalue weighted by Crippen LogP contribution is -2.21. The molecule has 106 valence electrons. The highest BCUT2D eigenvalue weighted by Crippen LogP contribution is 2.34. The lowest BCUT2D eigenvalue weighted by molar-refractivity contribution is -0.139. The van der Waals surface area contributed by atoms with Gasteiger partial charge in [-0.3, -0.25) is 4.79 Å². The van der Waals surface area contributed by atoms with Crippen LogP contribution in [0.25, 0.3) is 10.9 Å². The maximum atomic E-state index is 13.4. The number of fused-ring (bicyclic) bond motifs is 1. The molecule has 0 spiro atoms. The molecular weight excluding hydrogens is 284 g/mol. The number of benzene rings is 1. The van der Waals surface area contributed by atoms with E-state index in [1.54, 1.807) is 0 Å². The van der Waals surface area contributed by atoms with Crippen molar-refractivity contribution >= 4 is 22.6 Å². The number of hydrogen-bond donors (Lipinski definition) is 3. The average molecular weight is 290 g/mol. The van der Waals surface area contributed by atoms with E-state index in [1.807, 2.05) is 4.98 Å². The van der Waals surface area contributed by atoms with Gasteiger partial charge in [-0.15, -0.1) is 0 Å². The van der Waals surface area contributed by atoms with Crippen molar-refractivity contribution in [1.82, 2.24) is 4.98 Å². The fourth-order valence-corrected chi connectivity index (χ4v) is 1.77. The Hall–Kier alpha value is -2.58. The molecule has 0 atom stereocenters. The van der Waals surface area contributed by atoms with Crippen LogP contribution in [0.4, 0.5) is 23.2 Å². The van der Waals surface area contributed by atoms with Gasteiger partial charge in [-0.25, -0.2) is 9.18 Å². The molecule has 4 N–H and O–H groups in total. The van der Waals surface area contributed by atoms with Crippen LogP contribution in [0.15, 0.2) is 16.9 Å². The number of nitrogens with one attached hydrogen (secondary N) is 1. The molecule has 0 unspecified atom stereocenters. The third kappa shape index (κ3) is 2.06. The number of halogens is 4. The Balaban J connectivity index is 2.91. The topological polar surface area (TPSA) is 96.2 Å². The number of carbonyl (C=O) groups is 1. The minimum atomic E-state index is -4.95. The Morgan fingerprint density at radius 1 is 1.30 bits per heavy atom. The molecule has 0 saturated heterocycles. The van der Waals surface area contributed by atoms with Crippen LogP contribution in [-0.4, -0.2) is 16.1 Å². The highest BCUT2D eigenvalue weighted by Gasteiger charge is 2.35. The predicted octanol–water partition coefficient (Wildman–Crippen LogP) is 1.97. The quantitative estimate of drug-likeness (QED) is 0.699. The Morgan fingerprint density at radius 2 is 1.90 bits per heavy atom. The number of carboxylic acid groups (broad SMARTS) is 1. The number of H-pyrrole nitrogens is 1. The summed E-state index contributed by atoms with van der Waals surface area (Å²) in [4.78, 5) is 24.2. The third-order valence-electron chi connectivity index (χ3n) is 2.66. The second-order valence-electron chi connectivity index (χ2n) is 3.92. The molecule has 20 heavy (non-hydrogen) atoms. The van der Waals surface area contributed by atoms with Crippen molar-refractivity contribution in [2.24, 2.45) is 0 Å². The number of aromatic amines is 1. The molecule has 9 heteroatoms. The van der Waals surface area contributed by atoms with Crippen LogP contribution in [0.1, 0.15) is 15.9 Å². The van der Waals surface area contributed by atoms with Crippen LogP contribution < -0.4 is 11.3 Å². The van der Waals surface area contributed by atoms with E-state index in [-0.39, 0.29) is 5.39 Å². The molecular formula is C11H6F4N2O3. The van der Waals surface area contributed by atoms with Crippen LogP contribution in [0.3, 0.4) is 0 Å². The zero-order valence-electron chi connectivity index (χ0n) is 9.51. The third-order valence-corrected chi connectivity index (χ3v) is 2.66. The molecule has 5 nitrogen and oxygen atoms in total. The summed E-state index contributed by atoms with van der Waals surface area (Å²) in [6, 6.07) is 0.809. The van der Waals surface area contributed by atoms with Crippen LogP contribution >= 0.6 is 0 Å². The number of nitrogen functional groups attached to an aromatic ring is 1. The Morgan fingerprint density at radius 3 is 2.40 bits per heavy atom. The summed E-state index contributed by atoms with van der Waals surface area (Å²) >= 11 is 0. The normalized spacial score (nSPS) is 11.8. The minimum absolute atomic E-state index is 0.312. The van der Waals surface area contributed by atoms with Crippen molar-refractivity contribution in [3.8, 4) is 0 Å². The Bertz CT molecular complexity index is 780. The molecule has 0 aliphatic carbocycles. The van der Waals surface area contributed by atoms with Crippen molar-refractivity contribution < 1.29 is 27.5 Å². The maximum Gasteiger partial charge on any atom is 0.419 e. The maximum absolute atomic E-state index is 13.4. The van der Waals surface area contributed by atoms with E-state index in [2.05, 4.69) is 0 Å². The van der Waals surface area contributed by atoms with Gasteiger partial charge in [0.25, 0.3) is 5.56 Å². The first-order valence-corrected chi connectivity index (χ1v) is 5.08. The summed E-state index contributed by atoms with van der Waals surface area (Å²) in [7, 11) is 0. The zero-order valence-corrected chi connectivity index (χ0v) is 9.51. The van der Waals surface area contributed by atoms with E-state index >= 15 is 0 Å². The lowest BCUT2D eigenvalue weighted by Gasteiger charge is -2.11. The molecule has 1 heterocycles.